The average molecular weight is 285 g/mol. The van der Waals surface area contributed by atoms with Gasteiger partial charge in [-0.15, -0.1) is 0 Å². The third-order valence-corrected chi connectivity index (χ3v) is 2.65. The molecule has 0 spiro atoms. The van der Waals surface area contributed by atoms with Gasteiger partial charge in [0.05, 0.1) is 19.6 Å². The van der Waals surface area contributed by atoms with E-state index in [9.17, 15) is 19.1 Å². The van der Waals surface area contributed by atoms with Crippen LogP contribution in [-0.2, 0) is 16.0 Å². The highest BCUT2D eigenvalue weighted by molar-refractivity contribution is 5.85. The van der Waals surface area contributed by atoms with E-state index in [2.05, 4.69) is 5.32 Å². The van der Waals surface area contributed by atoms with Crippen LogP contribution in [0.2, 0.25) is 0 Å². The van der Waals surface area contributed by atoms with Crippen LogP contribution in [0.15, 0.2) is 18.2 Å². The minimum absolute atomic E-state index is 0.0570. The Balaban J connectivity index is 2.71. The lowest BCUT2D eigenvalue weighted by Crippen LogP contribution is -2.48. The van der Waals surface area contributed by atoms with E-state index in [1.165, 1.54) is 26.2 Å². The predicted octanol–water partition coefficient (Wildman–Crippen LogP) is 0.327. The van der Waals surface area contributed by atoms with Crippen molar-refractivity contribution in [2.24, 2.45) is 0 Å². The van der Waals surface area contributed by atoms with Crippen molar-refractivity contribution in [2.45, 2.75) is 25.5 Å². The fraction of sp³-hybridized carbons (Fsp3) is 0.385. The Hall–Kier alpha value is -2.15. The summed E-state index contributed by atoms with van der Waals surface area (Å²) in [6.07, 6.45) is -1.43. The number of rotatable bonds is 6. The highest BCUT2D eigenvalue weighted by Gasteiger charge is 2.24. The number of halogens is 1. The van der Waals surface area contributed by atoms with Gasteiger partial charge in [0, 0.05) is 0 Å². The molecule has 0 aliphatic carbocycles. The van der Waals surface area contributed by atoms with Crippen LogP contribution in [0.1, 0.15) is 12.5 Å². The number of aliphatic carboxylic acids is 1. The third kappa shape index (κ3) is 4.20. The van der Waals surface area contributed by atoms with Gasteiger partial charge in [0.25, 0.3) is 0 Å². The van der Waals surface area contributed by atoms with Gasteiger partial charge in [-0.25, -0.2) is 9.18 Å². The maximum Gasteiger partial charge on any atom is 0.328 e. The van der Waals surface area contributed by atoms with E-state index in [0.717, 1.165) is 6.07 Å². The zero-order valence-electron chi connectivity index (χ0n) is 11.1. The Labute approximate surface area is 115 Å². The summed E-state index contributed by atoms with van der Waals surface area (Å²) in [5.74, 6) is -2.51. The molecule has 0 radical (unpaired) electrons. The molecule has 6 nitrogen and oxygen atoms in total. The summed E-state index contributed by atoms with van der Waals surface area (Å²) in [6.45, 7) is 1.26. The van der Waals surface area contributed by atoms with E-state index in [-0.39, 0.29) is 12.2 Å². The van der Waals surface area contributed by atoms with E-state index in [1.54, 1.807) is 0 Å². The summed E-state index contributed by atoms with van der Waals surface area (Å²) in [7, 11) is 1.32. The number of carboxylic acids is 1. The molecule has 0 bridgehead atoms. The monoisotopic (exact) mass is 285 g/mol. The largest absolute Gasteiger partial charge is 0.494 e. The number of benzene rings is 1. The maximum absolute atomic E-state index is 13.4. The summed E-state index contributed by atoms with van der Waals surface area (Å²) < 4.78 is 18.2. The molecule has 7 heteroatoms. The number of carboxylic acid groups (broad SMARTS) is 1. The lowest BCUT2D eigenvalue weighted by atomic mass is 10.1. The zero-order chi connectivity index (χ0) is 15.3. The molecule has 1 aromatic rings. The van der Waals surface area contributed by atoms with Crippen molar-refractivity contribution in [1.82, 2.24) is 5.32 Å². The first-order valence-electron chi connectivity index (χ1n) is 5.87. The van der Waals surface area contributed by atoms with Gasteiger partial charge >= 0.3 is 5.97 Å². The van der Waals surface area contributed by atoms with Crippen molar-refractivity contribution in [1.29, 1.82) is 0 Å². The number of nitrogens with one attached hydrogen (secondary N) is 1. The van der Waals surface area contributed by atoms with Crippen molar-refractivity contribution >= 4 is 11.9 Å². The second-order valence-electron chi connectivity index (χ2n) is 4.27. The van der Waals surface area contributed by atoms with Gasteiger partial charge < -0.3 is 20.3 Å². The van der Waals surface area contributed by atoms with E-state index < -0.39 is 29.8 Å². The second kappa shape index (κ2) is 6.85. The SMILES string of the molecule is COc1ccc(CC(=O)NC(C(=O)O)C(C)O)cc1F. The molecule has 20 heavy (non-hydrogen) atoms. The molecule has 1 aromatic carbocycles. The Bertz CT molecular complexity index is 504. The normalized spacial score (nSPS) is 13.4. The molecule has 0 aromatic heterocycles. The molecule has 0 heterocycles. The summed E-state index contributed by atoms with van der Waals surface area (Å²) in [5.41, 5.74) is 0.371. The maximum atomic E-state index is 13.4. The van der Waals surface area contributed by atoms with Gasteiger partial charge in [-0.1, -0.05) is 6.07 Å². The summed E-state index contributed by atoms with van der Waals surface area (Å²) in [4.78, 5) is 22.5. The zero-order valence-corrected chi connectivity index (χ0v) is 11.1. The first kappa shape index (κ1) is 15.9. The third-order valence-electron chi connectivity index (χ3n) is 2.65. The number of hydrogen-bond donors (Lipinski definition) is 3. The van der Waals surface area contributed by atoms with E-state index >= 15 is 0 Å². The smallest absolute Gasteiger partial charge is 0.328 e. The van der Waals surface area contributed by atoms with E-state index in [4.69, 9.17) is 9.84 Å². The molecule has 2 unspecified atom stereocenters. The molecule has 0 aliphatic rings. The molecule has 110 valence electrons. The quantitative estimate of drug-likeness (QED) is 0.700. The standard InChI is InChI=1S/C13H16FNO5/c1-7(16)12(13(18)19)15-11(17)6-8-3-4-10(20-2)9(14)5-8/h3-5,7,12,16H,6H2,1-2H3,(H,15,17)(H,18,19). The number of carbonyl (C=O) groups is 2. The van der Waals surface area contributed by atoms with E-state index in [1.807, 2.05) is 0 Å². The van der Waals surface area contributed by atoms with Gasteiger partial charge in [0.15, 0.2) is 17.6 Å². The first-order chi connectivity index (χ1) is 9.35. The summed E-state index contributed by atoms with van der Waals surface area (Å²) >= 11 is 0. The molecule has 0 saturated heterocycles. The Morgan fingerprint density at radius 3 is 2.55 bits per heavy atom. The lowest BCUT2D eigenvalue weighted by molar-refractivity contribution is -0.144. The van der Waals surface area contributed by atoms with Gasteiger partial charge in [-0.2, -0.15) is 0 Å². The summed E-state index contributed by atoms with van der Waals surface area (Å²) in [6, 6.07) is 2.61. The summed E-state index contributed by atoms with van der Waals surface area (Å²) in [5, 5.41) is 20.2. The topological polar surface area (TPSA) is 95.9 Å². The van der Waals surface area contributed by atoms with Crippen LogP contribution in [0.4, 0.5) is 4.39 Å². The fourth-order valence-corrected chi connectivity index (χ4v) is 1.62. The number of hydrogen-bond acceptors (Lipinski definition) is 4. The van der Waals surface area contributed by atoms with Gasteiger partial charge in [-0.3, -0.25) is 4.79 Å². The molecular formula is C13H16FNO5. The van der Waals surface area contributed by atoms with Crippen molar-refractivity contribution in [3.63, 3.8) is 0 Å². The lowest BCUT2D eigenvalue weighted by Gasteiger charge is -2.17. The van der Waals surface area contributed by atoms with Crippen LogP contribution >= 0.6 is 0 Å². The number of amides is 1. The van der Waals surface area contributed by atoms with Crippen LogP contribution in [0.5, 0.6) is 5.75 Å². The molecule has 1 rings (SSSR count). The van der Waals surface area contributed by atoms with Crippen molar-refractivity contribution in [3.05, 3.63) is 29.6 Å². The number of aliphatic hydroxyl groups excluding tert-OH is 1. The highest BCUT2D eigenvalue weighted by Crippen LogP contribution is 2.17. The number of aliphatic hydroxyl groups is 1. The van der Waals surface area contributed by atoms with Crippen LogP contribution in [-0.4, -0.2) is 41.3 Å². The molecule has 0 fully saturated rings. The first-order valence-corrected chi connectivity index (χ1v) is 5.87. The fourth-order valence-electron chi connectivity index (χ4n) is 1.62. The second-order valence-corrected chi connectivity index (χ2v) is 4.27. The molecule has 2 atom stereocenters. The molecule has 0 aliphatic heterocycles. The van der Waals surface area contributed by atoms with Crippen molar-refractivity contribution in [3.8, 4) is 5.75 Å². The van der Waals surface area contributed by atoms with Crippen LogP contribution in [0.25, 0.3) is 0 Å². The predicted molar refractivity (Wildman–Crippen MR) is 67.9 cm³/mol. The minimum Gasteiger partial charge on any atom is -0.494 e. The van der Waals surface area contributed by atoms with E-state index in [0.29, 0.717) is 5.56 Å². The number of methoxy groups -OCH3 is 1. The molecular weight excluding hydrogens is 269 g/mol. The van der Waals surface area contributed by atoms with Crippen molar-refractivity contribution in [2.75, 3.05) is 7.11 Å². The molecule has 3 N–H and O–H groups in total. The Morgan fingerprint density at radius 2 is 2.10 bits per heavy atom. The number of ether oxygens (including phenoxy) is 1. The van der Waals surface area contributed by atoms with Crippen molar-refractivity contribution < 1.29 is 28.9 Å². The highest BCUT2D eigenvalue weighted by atomic mass is 19.1. The Kier molecular flexibility index (Phi) is 5.45. The average Bonchev–Trinajstić information content (AvgIpc) is 2.35. The molecule has 0 saturated carbocycles. The van der Waals surface area contributed by atoms with Crippen LogP contribution in [0.3, 0.4) is 0 Å². The van der Waals surface area contributed by atoms with Gasteiger partial charge in [0.1, 0.15) is 0 Å². The van der Waals surface area contributed by atoms with Crippen LogP contribution in [0, 0.1) is 5.82 Å². The van der Waals surface area contributed by atoms with Gasteiger partial charge in [0.2, 0.25) is 5.91 Å². The minimum atomic E-state index is -1.40. The van der Waals surface area contributed by atoms with Gasteiger partial charge in [-0.05, 0) is 24.6 Å². The number of carbonyl (C=O) groups excluding carboxylic acids is 1. The van der Waals surface area contributed by atoms with Crippen LogP contribution < -0.4 is 10.1 Å². The molecule has 1 amide bonds. The Morgan fingerprint density at radius 1 is 1.45 bits per heavy atom.